The van der Waals surface area contributed by atoms with E-state index >= 15 is 0 Å². The van der Waals surface area contributed by atoms with E-state index in [9.17, 15) is 13.6 Å². The van der Waals surface area contributed by atoms with Gasteiger partial charge >= 0.3 is 0 Å². The van der Waals surface area contributed by atoms with Crippen LogP contribution in [-0.2, 0) is 6.54 Å². The van der Waals surface area contributed by atoms with E-state index in [1.54, 1.807) is 39.9 Å². The summed E-state index contributed by atoms with van der Waals surface area (Å²) in [5, 5.41) is 0. The van der Waals surface area contributed by atoms with Crippen LogP contribution in [0.4, 0.5) is 8.78 Å². The zero-order chi connectivity index (χ0) is 20.4. The van der Waals surface area contributed by atoms with Crippen molar-refractivity contribution in [3.63, 3.8) is 0 Å². The Balaban J connectivity index is 1.46. The second-order valence-electron chi connectivity index (χ2n) is 6.95. The number of aromatic nitrogens is 2. The Kier molecular flexibility index (Phi) is 5.55. The van der Waals surface area contributed by atoms with Crippen LogP contribution in [0.25, 0.3) is 5.69 Å². The van der Waals surface area contributed by atoms with E-state index in [4.69, 9.17) is 12.2 Å². The Hall–Kier alpha value is -2.84. The number of H-pyrrole nitrogens is 1. The molecule has 1 aliphatic heterocycles. The standard InChI is InChI=1S/C21H20F2N4OS/c22-16-5-7-17(8-6-16)27-19(13-24-21(27)29)20(28)26-11-9-25(10-12-26)14-15-3-1-2-4-18(15)23/h1-8,13H,9-12,14H2,(H,24,29). The molecule has 0 bridgehead atoms. The molecule has 1 N–H and O–H groups in total. The molecule has 4 rings (SSSR count). The molecule has 1 fully saturated rings. The van der Waals surface area contributed by atoms with Gasteiger partial charge in [0.1, 0.15) is 17.3 Å². The minimum absolute atomic E-state index is 0.146. The van der Waals surface area contributed by atoms with Crippen LogP contribution in [-0.4, -0.2) is 51.4 Å². The van der Waals surface area contributed by atoms with Gasteiger partial charge in [-0.1, -0.05) is 18.2 Å². The maximum Gasteiger partial charge on any atom is 0.272 e. The monoisotopic (exact) mass is 414 g/mol. The lowest BCUT2D eigenvalue weighted by Gasteiger charge is -2.34. The first-order valence-electron chi connectivity index (χ1n) is 9.34. The van der Waals surface area contributed by atoms with E-state index in [2.05, 4.69) is 9.88 Å². The Morgan fingerprint density at radius 2 is 1.69 bits per heavy atom. The van der Waals surface area contributed by atoms with Crippen LogP contribution in [0.15, 0.2) is 54.7 Å². The normalized spacial score (nSPS) is 14.9. The summed E-state index contributed by atoms with van der Waals surface area (Å²) in [6.45, 7) is 2.90. The number of hydrogen-bond donors (Lipinski definition) is 1. The molecule has 8 heteroatoms. The van der Waals surface area contributed by atoms with Crippen LogP contribution in [0.2, 0.25) is 0 Å². The van der Waals surface area contributed by atoms with Gasteiger partial charge in [-0.15, -0.1) is 0 Å². The number of carbonyl (C=O) groups is 1. The van der Waals surface area contributed by atoms with Gasteiger partial charge in [0.15, 0.2) is 4.77 Å². The third kappa shape index (κ3) is 4.13. The van der Waals surface area contributed by atoms with Crippen molar-refractivity contribution in [2.45, 2.75) is 6.54 Å². The van der Waals surface area contributed by atoms with Gasteiger partial charge in [-0.3, -0.25) is 14.3 Å². The third-order valence-corrected chi connectivity index (χ3v) is 5.39. The molecule has 0 radical (unpaired) electrons. The lowest BCUT2D eigenvalue weighted by atomic mass is 10.2. The lowest BCUT2D eigenvalue weighted by molar-refractivity contribution is 0.0619. The molecule has 1 aliphatic rings. The molecule has 0 aliphatic carbocycles. The smallest absolute Gasteiger partial charge is 0.272 e. The number of piperazine rings is 1. The molecular weight excluding hydrogens is 394 g/mol. The zero-order valence-corrected chi connectivity index (χ0v) is 16.5. The molecular formula is C21H20F2N4OS. The first kappa shape index (κ1) is 19.5. The maximum atomic E-state index is 13.9. The molecule has 3 aromatic rings. The van der Waals surface area contributed by atoms with E-state index in [0.29, 0.717) is 54.4 Å². The predicted molar refractivity (Wildman–Crippen MR) is 108 cm³/mol. The molecule has 0 unspecified atom stereocenters. The lowest BCUT2D eigenvalue weighted by Crippen LogP contribution is -2.48. The minimum atomic E-state index is -0.352. The molecule has 1 amide bonds. The van der Waals surface area contributed by atoms with Gasteiger partial charge in [-0.05, 0) is 42.5 Å². The van der Waals surface area contributed by atoms with Gasteiger partial charge in [0.2, 0.25) is 0 Å². The molecule has 150 valence electrons. The van der Waals surface area contributed by atoms with E-state index in [1.807, 2.05) is 6.07 Å². The summed E-state index contributed by atoms with van der Waals surface area (Å²) < 4.78 is 29.1. The summed E-state index contributed by atoms with van der Waals surface area (Å²) >= 11 is 5.31. The molecule has 0 spiro atoms. The minimum Gasteiger partial charge on any atom is -0.336 e. The molecule has 0 saturated carbocycles. The van der Waals surface area contributed by atoms with Crippen LogP contribution < -0.4 is 0 Å². The number of aromatic amines is 1. The molecule has 5 nitrogen and oxygen atoms in total. The number of imidazole rings is 1. The summed E-state index contributed by atoms with van der Waals surface area (Å²) in [4.78, 5) is 19.9. The Bertz CT molecular complexity index is 1070. The van der Waals surface area contributed by atoms with Gasteiger partial charge in [0.05, 0.1) is 0 Å². The summed E-state index contributed by atoms with van der Waals surface area (Å²) in [5.74, 6) is -0.710. The van der Waals surface area contributed by atoms with E-state index < -0.39 is 0 Å². The van der Waals surface area contributed by atoms with Crippen molar-refractivity contribution in [3.8, 4) is 5.69 Å². The SMILES string of the molecule is O=C(c1c[nH]c(=S)n1-c1ccc(F)cc1)N1CCN(Cc2ccccc2F)CC1. The van der Waals surface area contributed by atoms with Gasteiger partial charge in [0, 0.05) is 50.2 Å². The Morgan fingerprint density at radius 1 is 1.00 bits per heavy atom. The number of rotatable bonds is 4. The highest BCUT2D eigenvalue weighted by Crippen LogP contribution is 2.17. The van der Waals surface area contributed by atoms with Gasteiger partial charge in [0.25, 0.3) is 5.91 Å². The first-order valence-corrected chi connectivity index (χ1v) is 9.75. The van der Waals surface area contributed by atoms with Crippen molar-refractivity contribution in [2.75, 3.05) is 26.2 Å². The number of hydrogen-bond acceptors (Lipinski definition) is 3. The molecule has 1 aromatic heterocycles. The third-order valence-electron chi connectivity index (χ3n) is 5.09. The largest absolute Gasteiger partial charge is 0.336 e. The molecule has 2 heterocycles. The van der Waals surface area contributed by atoms with E-state index in [-0.39, 0.29) is 17.5 Å². The summed E-state index contributed by atoms with van der Waals surface area (Å²) in [6, 6.07) is 12.6. The van der Waals surface area contributed by atoms with Crippen molar-refractivity contribution in [1.82, 2.24) is 19.4 Å². The van der Waals surface area contributed by atoms with Crippen LogP contribution in [0.1, 0.15) is 16.1 Å². The highest BCUT2D eigenvalue weighted by molar-refractivity contribution is 7.71. The fourth-order valence-corrected chi connectivity index (χ4v) is 3.77. The molecule has 2 aromatic carbocycles. The average molecular weight is 414 g/mol. The van der Waals surface area contributed by atoms with E-state index in [0.717, 1.165) is 0 Å². The molecule has 0 atom stereocenters. The van der Waals surface area contributed by atoms with E-state index in [1.165, 1.54) is 18.2 Å². The van der Waals surface area contributed by atoms with Crippen molar-refractivity contribution >= 4 is 18.1 Å². The van der Waals surface area contributed by atoms with Crippen LogP contribution >= 0.6 is 12.2 Å². The summed E-state index contributed by atoms with van der Waals surface area (Å²) in [7, 11) is 0. The topological polar surface area (TPSA) is 44.3 Å². The number of nitrogens with one attached hydrogen (secondary N) is 1. The first-order chi connectivity index (χ1) is 14.0. The zero-order valence-electron chi connectivity index (χ0n) is 15.6. The molecule has 1 saturated heterocycles. The van der Waals surface area contributed by atoms with Gasteiger partial charge < -0.3 is 9.88 Å². The Morgan fingerprint density at radius 3 is 2.38 bits per heavy atom. The van der Waals surface area contributed by atoms with Gasteiger partial charge in [-0.25, -0.2) is 8.78 Å². The van der Waals surface area contributed by atoms with Gasteiger partial charge in [-0.2, -0.15) is 0 Å². The number of amides is 1. The van der Waals surface area contributed by atoms with Crippen molar-refractivity contribution in [2.24, 2.45) is 0 Å². The Labute approximate surface area is 172 Å². The highest BCUT2D eigenvalue weighted by atomic mass is 32.1. The van der Waals surface area contributed by atoms with Crippen LogP contribution in [0.5, 0.6) is 0 Å². The molecule has 29 heavy (non-hydrogen) atoms. The van der Waals surface area contributed by atoms with Crippen molar-refractivity contribution in [1.29, 1.82) is 0 Å². The number of carbonyl (C=O) groups excluding carboxylic acids is 1. The second-order valence-corrected chi connectivity index (χ2v) is 7.34. The maximum absolute atomic E-state index is 13.9. The number of nitrogens with zero attached hydrogens (tertiary/aromatic N) is 3. The fraction of sp³-hybridized carbons (Fsp3) is 0.238. The van der Waals surface area contributed by atoms with Crippen LogP contribution in [0, 0.1) is 16.4 Å². The summed E-state index contributed by atoms with van der Waals surface area (Å²) in [6.07, 6.45) is 1.58. The summed E-state index contributed by atoms with van der Waals surface area (Å²) in [5.41, 5.74) is 1.69. The van der Waals surface area contributed by atoms with Crippen molar-refractivity contribution < 1.29 is 13.6 Å². The van der Waals surface area contributed by atoms with Crippen LogP contribution in [0.3, 0.4) is 0 Å². The highest BCUT2D eigenvalue weighted by Gasteiger charge is 2.25. The number of benzene rings is 2. The second kappa shape index (κ2) is 8.26. The average Bonchev–Trinajstić information content (AvgIpc) is 3.12. The fourth-order valence-electron chi connectivity index (χ4n) is 3.51. The quantitative estimate of drug-likeness (QED) is 0.661. The van der Waals surface area contributed by atoms with Crippen molar-refractivity contribution in [3.05, 3.63) is 82.4 Å². The number of halogens is 2. The predicted octanol–water partition coefficient (Wildman–Crippen LogP) is 3.77.